The molecule has 8 nitrogen and oxygen atoms in total. The van der Waals surface area contributed by atoms with E-state index in [9.17, 15) is 14.4 Å². The third-order valence-corrected chi connectivity index (χ3v) is 7.76. The Bertz CT molecular complexity index is 865. The minimum Gasteiger partial charge on any atom is -0.351 e. The van der Waals surface area contributed by atoms with Crippen molar-refractivity contribution >= 4 is 17.7 Å². The number of rotatable bonds is 4. The quantitative estimate of drug-likeness (QED) is 0.700. The Labute approximate surface area is 190 Å². The van der Waals surface area contributed by atoms with Gasteiger partial charge in [0.05, 0.1) is 6.54 Å². The zero-order valence-corrected chi connectivity index (χ0v) is 19.7. The SMILES string of the molecule is CC1CCC(NC(=O)c2cc3n(n2)C[C@@](C)(C(=O)NC2CCCCCC2)N(C)C3=O)CC1. The number of hydrogen-bond acceptors (Lipinski definition) is 4. The van der Waals surface area contributed by atoms with E-state index in [0.29, 0.717) is 11.6 Å². The second-order valence-electron chi connectivity index (χ2n) is 10.3. The molecule has 0 aromatic carbocycles. The van der Waals surface area contributed by atoms with Crippen molar-refractivity contribution in [3.05, 3.63) is 17.5 Å². The van der Waals surface area contributed by atoms with E-state index >= 15 is 0 Å². The first-order chi connectivity index (χ1) is 15.3. The van der Waals surface area contributed by atoms with Gasteiger partial charge in [0, 0.05) is 25.2 Å². The van der Waals surface area contributed by atoms with Crippen molar-refractivity contribution in [1.29, 1.82) is 0 Å². The van der Waals surface area contributed by atoms with Crippen molar-refractivity contribution in [2.75, 3.05) is 7.05 Å². The van der Waals surface area contributed by atoms with E-state index in [1.54, 1.807) is 20.0 Å². The molecule has 32 heavy (non-hydrogen) atoms. The predicted molar refractivity (Wildman–Crippen MR) is 121 cm³/mol. The van der Waals surface area contributed by atoms with E-state index in [2.05, 4.69) is 22.7 Å². The fourth-order valence-corrected chi connectivity index (χ4v) is 5.27. The Morgan fingerprint density at radius 1 is 1.00 bits per heavy atom. The highest BCUT2D eigenvalue weighted by Gasteiger charge is 2.46. The first kappa shape index (κ1) is 22.8. The molecule has 2 heterocycles. The molecule has 0 radical (unpaired) electrons. The lowest BCUT2D eigenvalue weighted by atomic mass is 9.87. The average Bonchev–Trinajstić information content (AvgIpc) is 3.02. The zero-order valence-electron chi connectivity index (χ0n) is 19.7. The van der Waals surface area contributed by atoms with E-state index < -0.39 is 5.54 Å². The molecule has 0 spiro atoms. The van der Waals surface area contributed by atoms with Gasteiger partial charge < -0.3 is 15.5 Å². The van der Waals surface area contributed by atoms with Gasteiger partial charge in [-0.3, -0.25) is 19.1 Å². The number of fused-ring (bicyclic) bond motifs is 1. The van der Waals surface area contributed by atoms with E-state index in [4.69, 9.17) is 0 Å². The number of carbonyl (C=O) groups is 3. The number of nitrogens with zero attached hydrogens (tertiary/aromatic N) is 3. The molecule has 1 atom stereocenters. The molecule has 8 heteroatoms. The van der Waals surface area contributed by atoms with E-state index in [-0.39, 0.29) is 42.0 Å². The van der Waals surface area contributed by atoms with Crippen LogP contribution in [0.4, 0.5) is 0 Å². The molecule has 3 aliphatic rings. The first-order valence-corrected chi connectivity index (χ1v) is 12.3. The molecule has 1 aromatic heterocycles. The molecule has 2 saturated carbocycles. The summed E-state index contributed by atoms with van der Waals surface area (Å²) in [6, 6.07) is 1.87. The van der Waals surface area contributed by atoms with Crippen LogP contribution >= 0.6 is 0 Å². The lowest BCUT2D eigenvalue weighted by molar-refractivity contribution is -0.133. The largest absolute Gasteiger partial charge is 0.351 e. The van der Waals surface area contributed by atoms with Gasteiger partial charge in [0.2, 0.25) is 5.91 Å². The number of aromatic nitrogens is 2. The van der Waals surface area contributed by atoms with Crippen molar-refractivity contribution in [3.8, 4) is 0 Å². The Kier molecular flexibility index (Phi) is 6.58. The van der Waals surface area contributed by atoms with Gasteiger partial charge in [-0.2, -0.15) is 5.10 Å². The van der Waals surface area contributed by atoms with Crippen LogP contribution in [0.15, 0.2) is 6.07 Å². The van der Waals surface area contributed by atoms with Crippen LogP contribution < -0.4 is 10.6 Å². The minimum atomic E-state index is -1.05. The molecule has 176 valence electrons. The smallest absolute Gasteiger partial charge is 0.272 e. The summed E-state index contributed by atoms with van der Waals surface area (Å²) < 4.78 is 1.53. The number of nitrogens with one attached hydrogen (secondary N) is 2. The predicted octanol–water partition coefficient (Wildman–Crippen LogP) is 2.87. The molecule has 0 unspecified atom stereocenters. The van der Waals surface area contributed by atoms with Crippen molar-refractivity contribution in [2.45, 2.75) is 102 Å². The lowest BCUT2D eigenvalue weighted by Crippen LogP contribution is -2.63. The number of amides is 3. The normalized spacial score (nSPS) is 29.2. The third kappa shape index (κ3) is 4.55. The summed E-state index contributed by atoms with van der Waals surface area (Å²) in [5.41, 5.74) is -0.446. The highest BCUT2D eigenvalue weighted by Crippen LogP contribution is 2.28. The summed E-state index contributed by atoms with van der Waals surface area (Å²) in [4.78, 5) is 40.7. The second kappa shape index (κ2) is 9.24. The molecular formula is C24H37N5O3. The molecule has 3 amide bonds. The molecule has 2 N–H and O–H groups in total. The van der Waals surface area contributed by atoms with Crippen molar-refractivity contribution < 1.29 is 14.4 Å². The Morgan fingerprint density at radius 2 is 1.62 bits per heavy atom. The minimum absolute atomic E-state index is 0.149. The molecule has 0 saturated heterocycles. The third-order valence-electron chi connectivity index (χ3n) is 7.76. The highest BCUT2D eigenvalue weighted by atomic mass is 16.2. The monoisotopic (exact) mass is 443 g/mol. The zero-order chi connectivity index (χ0) is 22.9. The fourth-order valence-electron chi connectivity index (χ4n) is 5.27. The van der Waals surface area contributed by atoms with Crippen molar-refractivity contribution in [3.63, 3.8) is 0 Å². The molecule has 2 fully saturated rings. The van der Waals surface area contributed by atoms with Crippen molar-refractivity contribution in [2.24, 2.45) is 5.92 Å². The molecule has 1 aliphatic heterocycles. The molecule has 0 bridgehead atoms. The van der Waals surface area contributed by atoms with Gasteiger partial charge in [-0.05, 0) is 51.4 Å². The van der Waals surface area contributed by atoms with Crippen molar-refractivity contribution in [1.82, 2.24) is 25.3 Å². The van der Waals surface area contributed by atoms with Crippen LogP contribution in [0.2, 0.25) is 0 Å². The topological polar surface area (TPSA) is 96.3 Å². The second-order valence-corrected chi connectivity index (χ2v) is 10.3. The Morgan fingerprint density at radius 3 is 2.28 bits per heavy atom. The van der Waals surface area contributed by atoms with E-state index in [0.717, 1.165) is 51.4 Å². The Hall–Kier alpha value is -2.38. The van der Waals surface area contributed by atoms with Gasteiger partial charge >= 0.3 is 0 Å². The van der Waals surface area contributed by atoms with Gasteiger partial charge in [-0.25, -0.2) is 0 Å². The summed E-state index contributed by atoms with van der Waals surface area (Å²) in [5, 5.41) is 10.7. The van der Waals surface area contributed by atoms with Crippen LogP contribution in [0.1, 0.15) is 99.0 Å². The maximum absolute atomic E-state index is 13.3. The van der Waals surface area contributed by atoms with Gasteiger partial charge in [-0.15, -0.1) is 0 Å². The average molecular weight is 444 g/mol. The highest BCUT2D eigenvalue weighted by molar-refractivity contribution is 6.01. The van der Waals surface area contributed by atoms with E-state index in [1.807, 2.05) is 0 Å². The molecule has 4 rings (SSSR count). The van der Waals surface area contributed by atoms with Crippen LogP contribution in [0.25, 0.3) is 0 Å². The molecular weight excluding hydrogens is 406 g/mol. The maximum atomic E-state index is 13.3. The number of likely N-dealkylation sites (N-methyl/N-ethyl adjacent to an activating group) is 1. The number of carbonyl (C=O) groups excluding carboxylic acids is 3. The van der Waals surface area contributed by atoms with Gasteiger partial charge in [0.15, 0.2) is 5.69 Å². The van der Waals surface area contributed by atoms with Crippen LogP contribution in [-0.4, -0.2) is 57.1 Å². The van der Waals surface area contributed by atoms with Crippen LogP contribution in [0.3, 0.4) is 0 Å². The molecule has 1 aromatic rings. The summed E-state index contributed by atoms with van der Waals surface area (Å²) in [6.07, 6.45) is 10.8. The standard InChI is InChI=1S/C24H37N5O3/c1-16-10-12-18(13-11-16)25-21(30)19-14-20-22(31)28(3)24(2,15-29(20)27-19)23(32)26-17-8-6-4-5-7-9-17/h14,16-18H,4-13,15H2,1-3H3,(H,25,30)(H,26,32)/t16?,18?,24-/m0/s1. The molecule has 2 aliphatic carbocycles. The summed E-state index contributed by atoms with van der Waals surface area (Å²) in [7, 11) is 1.66. The van der Waals surface area contributed by atoms with Crippen LogP contribution in [-0.2, 0) is 11.3 Å². The maximum Gasteiger partial charge on any atom is 0.272 e. The summed E-state index contributed by atoms with van der Waals surface area (Å²) in [6.45, 7) is 4.26. The Balaban J connectivity index is 1.46. The fraction of sp³-hybridized carbons (Fsp3) is 0.750. The van der Waals surface area contributed by atoms with E-state index in [1.165, 1.54) is 22.4 Å². The van der Waals surface area contributed by atoms with Crippen LogP contribution in [0.5, 0.6) is 0 Å². The first-order valence-electron chi connectivity index (χ1n) is 12.3. The van der Waals surface area contributed by atoms with Gasteiger partial charge in [-0.1, -0.05) is 32.6 Å². The number of hydrogen-bond donors (Lipinski definition) is 2. The van der Waals surface area contributed by atoms with Gasteiger partial charge in [0.1, 0.15) is 11.2 Å². The lowest BCUT2D eigenvalue weighted by Gasteiger charge is -2.41. The summed E-state index contributed by atoms with van der Waals surface area (Å²) >= 11 is 0. The van der Waals surface area contributed by atoms with Crippen LogP contribution in [0, 0.1) is 5.92 Å². The summed E-state index contributed by atoms with van der Waals surface area (Å²) in [5.74, 6) is 0.0288. The van der Waals surface area contributed by atoms with Gasteiger partial charge in [0.25, 0.3) is 11.8 Å².